The van der Waals surface area contributed by atoms with E-state index in [1.165, 1.54) is 30.8 Å². The van der Waals surface area contributed by atoms with Crippen LogP contribution in [-0.2, 0) is 14.4 Å². The molecule has 3 N–H and O–H groups in total. The van der Waals surface area contributed by atoms with Crippen LogP contribution in [-0.4, -0.2) is 17.7 Å². The molecule has 0 bridgehead atoms. The molecule has 0 radical (unpaired) electrons. The average molecular weight is 405 g/mol. The van der Waals surface area contributed by atoms with Gasteiger partial charge >= 0.3 is 11.8 Å². The van der Waals surface area contributed by atoms with E-state index in [9.17, 15) is 14.4 Å². The molecule has 3 aromatic rings. The minimum Gasteiger partial charge on any atom is -0.399 e. The van der Waals surface area contributed by atoms with Crippen LogP contribution in [0.25, 0.3) is 0 Å². The lowest BCUT2D eigenvalue weighted by atomic mass is 10.2. The van der Waals surface area contributed by atoms with Gasteiger partial charge in [-0.3, -0.25) is 14.4 Å². The Hall–Kier alpha value is -3.58. The first-order chi connectivity index (χ1) is 14.0. The summed E-state index contributed by atoms with van der Waals surface area (Å²) in [5.74, 6) is -2.44. The minimum atomic E-state index is -0.971. The predicted octanol–water partition coefficient (Wildman–Crippen LogP) is 3.94. The molecule has 0 aliphatic heterocycles. The van der Waals surface area contributed by atoms with Crippen molar-refractivity contribution in [2.45, 2.75) is 16.7 Å². The van der Waals surface area contributed by atoms with Crippen LogP contribution in [0.4, 0.5) is 17.1 Å². The first kappa shape index (κ1) is 20.2. The third-order valence-electron chi connectivity index (χ3n) is 3.97. The van der Waals surface area contributed by atoms with Crippen LogP contribution in [0.2, 0.25) is 0 Å². The number of benzene rings is 3. The van der Waals surface area contributed by atoms with Gasteiger partial charge in [-0.05, 0) is 48.5 Å². The molecule has 0 aliphatic rings. The first-order valence-corrected chi connectivity index (χ1v) is 9.61. The van der Waals surface area contributed by atoms with Crippen LogP contribution in [0.1, 0.15) is 6.92 Å². The number of para-hydroxylation sites is 1. The number of nitrogens with two attached hydrogens (primary N) is 1. The average Bonchev–Trinajstić information content (AvgIpc) is 2.71. The highest BCUT2D eigenvalue weighted by Crippen LogP contribution is 2.33. The fourth-order valence-corrected chi connectivity index (χ4v) is 3.54. The quantitative estimate of drug-likeness (QED) is 0.507. The number of amides is 3. The topological polar surface area (TPSA) is 92.5 Å². The van der Waals surface area contributed by atoms with Gasteiger partial charge in [-0.2, -0.15) is 0 Å². The van der Waals surface area contributed by atoms with Gasteiger partial charge in [0.1, 0.15) is 0 Å². The van der Waals surface area contributed by atoms with Gasteiger partial charge in [-0.1, -0.05) is 42.1 Å². The van der Waals surface area contributed by atoms with Gasteiger partial charge in [0.15, 0.2) is 0 Å². The number of rotatable bonds is 4. The fourth-order valence-electron chi connectivity index (χ4n) is 2.62. The number of anilines is 3. The Morgan fingerprint density at radius 1 is 0.862 bits per heavy atom. The molecule has 0 saturated heterocycles. The van der Waals surface area contributed by atoms with Gasteiger partial charge in [0, 0.05) is 22.4 Å². The Kier molecular flexibility index (Phi) is 6.31. The number of nitrogen functional groups attached to an aromatic ring is 1. The molecule has 0 unspecified atom stereocenters. The second kappa shape index (κ2) is 9.07. The van der Waals surface area contributed by atoms with E-state index in [1.54, 1.807) is 24.3 Å². The number of hydrogen-bond donors (Lipinski definition) is 2. The van der Waals surface area contributed by atoms with Crippen LogP contribution in [0.5, 0.6) is 0 Å². The van der Waals surface area contributed by atoms with Crippen molar-refractivity contribution in [3.8, 4) is 0 Å². The zero-order valence-electron chi connectivity index (χ0n) is 15.7. The molecule has 0 aromatic heterocycles. The molecular formula is C22H19N3O3S. The Balaban J connectivity index is 1.81. The molecule has 7 heteroatoms. The summed E-state index contributed by atoms with van der Waals surface area (Å²) in [5, 5.41) is 2.62. The van der Waals surface area contributed by atoms with E-state index in [0.29, 0.717) is 11.4 Å². The molecule has 0 spiro atoms. The maximum absolute atomic E-state index is 12.7. The highest BCUT2D eigenvalue weighted by Gasteiger charge is 2.27. The molecule has 0 fully saturated rings. The smallest absolute Gasteiger partial charge is 0.323 e. The number of nitrogens with zero attached hydrogens (tertiary/aromatic N) is 1. The monoisotopic (exact) mass is 405 g/mol. The highest BCUT2D eigenvalue weighted by atomic mass is 32.2. The highest BCUT2D eigenvalue weighted by molar-refractivity contribution is 7.99. The largest absolute Gasteiger partial charge is 0.399 e. The van der Waals surface area contributed by atoms with Crippen molar-refractivity contribution < 1.29 is 14.4 Å². The van der Waals surface area contributed by atoms with Gasteiger partial charge < -0.3 is 11.1 Å². The van der Waals surface area contributed by atoms with E-state index in [2.05, 4.69) is 5.32 Å². The zero-order chi connectivity index (χ0) is 20.8. The third kappa shape index (κ3) is 5.03. The lowest BCUT2D eigenvalue weighted by Gasteiger charge is -2.19. The number of nitrogens with one attached hydrogen (secondary N) is 1. The maximum Gasteiger partial charge on any atom is 0.323 e. The van der Waals surface area contributed by atoms with E-state index >= 15 is 0 Å². The van der Waals surface area contributed by atoms with E-state index in [-0.39, 0.29) is 5.69 Å². The SMILES string of the molecule is CC(=O)N(C(=O)C(=O)Nc1ccccc1Sc1ccccc1)c1ccc(N)cc1. The molecule has 146 valence electrons. The molecule has 3 rings (SSSR count). The standard InChI is InChI=1S/C22H19N3O3S/c1-15(26)25(17-13-11-16(23)12-14-17)22(28)21(27)24-19-9-5-6-10-20(19)29-18-7-3-2-4-8-18/h2-14H,23H2,1H3,(H,24,27). The summed E-state index contributed by atoms with van der Waals surface area (Å²) >= 11 is 1.46. The number of imide groups is 1. The molecule has 0 heterocycles. The van der Waals surface area contributed by atoms with Crippen molar-refractivity contribution in [1.82, 2.24) is 0 Å². The third-order valence-corrected chi connectivity index (χ3v) is 5.05. The Labute approximate surface area is 172 Å². The van der Waals surface area contributed by atoms with Crippen molar-refractivity contribution >= 4 is 46.5 Å². The molecule has 3 amide bonds. The van der Waals surface area contributed by atoms with E-state index < -0.39 is 17.7 Å². The lowest BCUT2D eigenvalue weighted by Crippen LogP contribution is -2.42. The number of carbonyl (C=O) groups excluding carboxylic acids is 3. The summed E-state index contributed by atoms with van der Waals surface area (Å²) in [7, 11) is 0. The molecule has 3 aromatic carbocycles. The molecular weight excluding hydrogens is 386 g/mol. The van der Waals surface area contributed by atoms with Crippen LogP contribution < -0.4 is 16.0 Å². The Morgan fingerprint density at radius 2 is 1.48 bits per heavy atom. The first-order valence-electron chi connectivity index (χ1n) is 8.79. The van der Waals surface area contributed by atoms with Crippen molar-refractivity contribution in [3.63, 3.8) is 0 Å². The van der Waals surface area contributed by atoms with Crippen molar-refractivity contribution in [2.24, 2.45) is 0 Å². The van der Waals surface area contributed by atoms with Crippen LogP contribution in [0.3, 0.4) is 0 Å². The number of carbonyl (C=O) groups is 3. The second-order valence-corrected chi connectivity index (χ2v) is 7.23. The summed E-state index contributed by atoms with van der Waals surface area (Å²) in [5.41, 5.74) is 6.90. The molecule has 6 nitrogen and oxygen atoms in total. The summed E-state index contributed by atoms with van der Waals surface area (Å²) in [6.07, 6.45) is 0. The fraction of sp³-hybridized carbons (Fsp3) is 0.0455. The van der Waals surface area contributed by atoms with Crippen LogP contribution in [0, 0.1) is 0 Å². The normalized spacial score (nSPS) is 10.2. The summed E-state index contributed by atoms with van der Waals surface area (Å²) in [6, 6.07) is 23.0. The Morgan fingerprint density at radius 3 is 2.14 bits per heavy atom. The maximum atomic E-state index is 12.7. The minimum absolute atomic E-state index is 0.277. The van der Waals surface area contributed by atoms with E-state index in [0.717, 1.165) is 14.7 Å². The van der Waals surface area contributed by atoms with Crippen molar-refractivity contribution in [1.29, 1.82) is 0 Å². The van der Waals surface area contributed by atoms with E-state index in [1.807, 2.05) is 42.5 Å². The van der Waals surface area contributed by atoms with Gasteiger partial charge in [0.2, 0.25) is 5.91 Å². The number of hydrogen-bond acceptors (Lipinski definition) is 5. The van der Waals surface area contributed by atoms with Crippen LogP contribution in [0.15, 0.2) is 88.7 Å². The van der Waals surface area contributed by atoms with Gasteiger partial charge in [-0.15, -0.1) is 0 Å². The second-order valence-electron chi connectivity index (χ2n) is 6.12. The zero-order valence-corrected chi connectivity index (χ0v) is 16.5. The summed E-state index contributed by atoms with van der Waals surface area (Å²) in [6.45, 7) is 1.22. The van der Waals surface area contributed by atoms with Gasteiger partial charge in [0.05, 0.1) is 11.4 Å². The molecule has 0 atom stereocenters. The van der Waals surface area contributed by atoms with Crippen LogP contribution >= 0.6 is 11.8 Å². The summed E-state index contributed by atoms with van der Waals surface area (Å²) < 4.78 is 0. The van der Waals surface area contributed by atoms with Crippen molar-refractivity contribution in [2.75, 3.05) is 16.0 Å². The Bertz CT molecular complexity index is 1040. The van der Waals surface area contributed by atoms with Crippen molar-refractivity contribution in [3.05, 3.63) is 78.9 Å². The van der Waals surface area contributed by atoms with Gasteiger partial charge in [-0.25, -0.2) is 4.90 Å². The molecule has 0 saturated carbocycles. The lowest BCUT2D eigenvalue weighted by molar-refractivity contribution is -0.136. The van der Waals surface area contributed by atoms with E-state index in [4.69, 9.17) is 5.73 Å². The van der Waals surface area contributed by atoms with Gasteiger partial charge in [0.25, 0.3) is 0 Å². The summed E-state index contributed by atoms with van der Waals surface area (Å²) in [4.78, 5) is 39.9. The molecule has 0 aliphatic carbocycles. The predicted molar refractivity (Wildman–Crippen MR) is 115 cm³/mol. The molecule has 29 heavy (non-hydrogen) atoms.